The van der Waals surface area contributed by atoms with Crippen LogP contribution in [0.15, 0.2) is 18.2 Å². The largest absolute Gasteiger partial charge is 0.370 e. The third-order valence-corrected chi connectivity index (χ3v) is 4.09. The molecule has 1 aliphatic rings. The maximum absolute atomic E-state index is 12.3. The SMILES string of the molecule is CCNc1cccc(C(=O)NC2CCC(C)CC2C)n1. The zero-order chi connectivity index (χ0) is 14.5. The lowest BCUT2D eigenvalue weighted by Crippen LogP contribution is -2.42. The second kappa shape index (κ2) is 6.73. The van der Waals surface area contributed by atoms with Crippen molar-refractivity contribution in [1.82, 2.24) is 10.3 Å². The van der Waals surface area contributed by atoms with E-state index in [9.17, 15) is 4.79 Å². The minimum Gasteiger partial charge on any atom is -0.370 e. The molecular formula is C16H25N3O. The molecule has 0 aromatic carbocycles. The monoisotopic (exact) mass is 275 g/mol. The Balaban J connectivity index is 1.99. The first-order valence-electron chi connectivity index (χ1n) is 7.62. The Kier molecular flexibility index (Phi) is 4.99. The Bertz CT molecular complexity index is 461. The summed E-state index contributed by atoms with van der Waals surface area (Å²) in [5, 5.41) is 6.28. The third kappa shape index (κ3) is 3.71. The van der Waals surface area contributed by atoms with Crippen LogP contribution in [-0.4, -0.2) is 23.5 Å². The summed E-state index contributed by atoms with van der Waals surface area (Å²) in [4.78, 5) is 16.6. The quantitative estimate of drug-likeness (QED) is 0.888. The highest BCUT2D eigenvalue weighted by Crippen LogP contribution is 2.28. The average molecular weight is 275 g/mol. The van der Waals surface area contributed by atoms with Crippen LogP contribution in [0, 0.1) is 11.8 Å². The maximum Gasteiger partial charge on any atom is 0.270 e. The van der Waals surface area contributed by atoms with Crippen LogP contribution in [0.4, 0.5) is 5.82 Å². The lowest BCUT2D eigenvalue weighted by atomic mass is 9.80. The predicted molar refractivity (Wildman–Crippen MR) is 81.8 cm³/mol. The zero-order valence-corrected chi connectivity index (χ0v) is 12.6. The number of nitrogens with one attached hydrogen (secondary N) is 2. The molecule has 0 spiro atoms. The molecule has 3 unspecified atom stereocenters. The molecule has 20 heavy (non-hydrogen) atoms. The van der Waals surface area contributed by atoms with Crippen LogP contribution >= 0.6 is 0 Å². The van der Waals surface area contributed by atoms with Gasteiger partial charge in [-0.25, -0.2) is 4.98 Å². The van der Waals surface area contributed by atoms with E-state index in [-0.39, 0.29) is 11.9 Å². The zero-order valence-electron chi connectivity index (χ0n) is 12.6. The summed E-state index contributed by atoms with van der Waals surface area (Å²) in [5.41, 5.74) is 0.495. The van der Waals surface area contributed by atoms with Gasteiger partial charge in [-0.15, -0.1) is 0 Å². The van der Waals surface area contributed by atoms with Crippen molar-refractivity contribution in [3.63, 3.8) is 0 Å². The van der Waals surface area contributed by atoms with Gasteiger partial charge < -0.3 is 10.6 Å². The Morgan fingerprint density at radius 1 is 1.35 bits per heavy atom. The van der Waals surface area contributed by atoms with Gasteiger partial charge in [-0.1, -0.05) is 19.9 Å². The van der Waals surface area contributed by atoms with Gasteiger partial charge in [-0.2, -0.15) is 0 Å². The lowest BCUT2D eigenvalue weighted by Gasteiger charge is -2.33. The lowest BCUT2D eigenvalue weighted by molar-refractivity contribution is 0.0894. The van der Waals surface area contributed by atoms with Crippen LogP contribution in [-0.2, 0) is 0 Å². The molecule has 2 N–H and O–H groups in total. The summed E-state index contributed by atoms with van der Waals surface area (Å²) in [7, 11) is 0. The van der Waals surface area contributed by atoms with Gasteiger partial charge in [0.15, 0.2) is 0 Å². The second-order valence-corrected chi connectivity index (χ2v) is 5.91. The molecule has 0 aliphatic heterocycles. The summed E-state index contributed by atoms with van der Waals surface area (Å²) in [6.45, 7) is 7.33. The number of nitrogens with zero attached hydrogens (tertiary/aromatic N) is 1. The van der Waals surface area contributed by atoms with Gasteiger partial charge in [-0.05, 0) is 50.2 Å². The van der Waals surface area contributed by atoms with Gasteiger partial charge in [0, 0.05) is 12.6 Å². The molecular weight excluding hydrogens is 250 g/mol. The van der Waals surface area contributed by atoms with Crippen molar-refractivity contribution in [3.8, 4) is 0 Å². The fraction of sp³-hybridized carbons (Fsp3) is 0.625. The van der Waals surface area contributed by atoms with Crippen molar-refractivity contribution in [3.05, 3.63) is 23.9 Å². The van der Waals surface area contributed by atoms with Crippen molar-refractivity contribution in [2.75, 3.05) is 11.9 Å². The first-order chi connectivity index (χ1) is 9.60. The molecule has 1 aliphatic carbocycles. The molecule has 1 fully saturated rings. The Hall–Kier alpha value is -1.58. The average Bonchev–Trinajstić information content (AvgIpc) is 2.42. The summed E-state index contributed by atoms with van der Waals surface area (Å²) < 4.78 is 0. The fourth-order valence-corrected chi connectivity index (χ4v) is 2.96. The number of aromatic nitrogens is 1. The number of amides is 1. The van der Waals surface area contributed by atoms with E-state index in [1.807, 2.05) is 19.1 Å². The van der Waals surface area contributed by atoms with E-state index in [1.54, 1.807) is 6.07 Å². The predicted octanol–water partition coefficient (Wildman–Crippen LogP) is 3.07. The van der Waals surface area contributed by atoms with Gasteiger partial charge in [-0.3, -0.25) is 4.79 Å². The van der Waals surface area contributed by atoms with E-state index in [0.717, 1.165) is 24.7 Å². The number of pyridine rings is 1. The van der Waals surface area contributed by atoms with Crippen LogP contribution in [0.3, 0.4) is 0 Å². The molecule has 1 amide bonds. The van der Waals surface area contributed by atoms with E-state index >= 15 is 0 Å². The molecule has 4 heteroatoms. The van der Waals surface area contributed by atoms with Crippen LogP contribution in [0.2, 0.25) is 0 Å². The number of carbonyl (C=O) groups is 1. The van der Waals surface area contributed by atoms with Crippen LogP contribution in [0.5, 0.6) is 0 Å². The standard InChI is InChI=1S/C16H25N3O/c1-4-17-15-7-5-6-14(18-15)16(20)19-13-9-8-11(2)10-12(13)3/h5-7,11-13H,4,8-10H2,1-3H3,(H,17,18)(H,19,20). The van der Waals surface area contributed by atoms with Crippen molar-refractivity contribution >= 4 is 11.7 Å². The van der Waals surface area contributed by atoms with Crippen molar-refractivity contribution < 1.29 is 4.79 Å². The Labute approximate surface area is 121 Å². The molecule has 2 rings (SSSR count). The van der Waals surface area contributed by atoms with Gasteiger partial charge >= 0.3 is 0 Å². The van der Waals surface area contributed by atoms with E-state index in [4.69, 9.17) is 0 Å². The highest BCUT2D eigenvalue weighted by molar-refractivity contribution is 5.92. The molecule has 4 nitrogen and oxygen atoms in total. The van der Waals surface area contributed by atoms with Gasteiger partial charge in [0.05, 0.1) is 0 Å². The summed E-state index contributed by atoms with van der Waals surface area (Å²) in [6, 6.07) is 5.80. The Morgan fingerprint density at radius 3 is 2.85 bits per heavy atom. The number of rotatable bonds is 4. The van der Waals surface area contributed by atoms with E-state index in [2.05, 4.69) is 29.5 Å². The smallest absolute Gasteiger partial charge is 0.270 e. The van der Waals surface area contributed by atoms with Gasteiger partial charge in [0.1, 0.15) is 11.5 Å². The summed E-state index contributed by atoms with van der Waals surface area (Å²) >= 11 is 0. The summed E-state index contributed by atoms with van der Waals surface area (Å²) in [6.07, 6.45) is 3.46. The maximum atomic E-state index is 12.3. The van der Waals surface area contributed by atoms with Gasteiger partial charge in [0.2, 0.25) is 0 Å². The Morgan fingerprint density at radius 2 is 2.15 bits per heavy atom. The number of hydrogen-bond donors (Lipinski definition) is 2. The molecule has 0 bridgehead atoms. The topological polar surface area (TPSA) is 54.0 Å². The first-order valence-corrected chi connectivity index (χ1v) is 7.62. The van der Waals surface area contributed by atoms with Crippen LogP contribution < -0.4 is 10.6 Å². The summed E-state index contributed by atoms with van der Waals surface area (Å²) in [5.74, 6) is 2.01. The fourth-order valence-electron chi connectivity index (χ4n) is 2.96. The molecule has 1 saturated carbocycles. The highest BCUT2D eigenvalue weighted by atomic mass is 16.1. The molecule has 3 atom stereocenters. The van der Waals surface area contributed by atoms with E-state index < -0.39 is 0 Å². The van der Waals surface area contributed by atoms with Crippen LogP contribution in [0.25, 0.3) is 0 Å². The number of anilines is 1. The minimum absolute atomic E-state index is 0.0591. The van der Waals surface area contributed by atoms with Crippen molar-refractivity contribution in [2.45, 2.75) is 46.1 Å². The normalized spacial score (nSPS) is 26.1. The van der Waals surface area contributed by atoms with Crippen LogP contribution in [0.1, 0.15) is 50.5 Å². The minimum atomic E-state index is -0.0591. The van der Waals surface area contributed by atoms with Gasteiger partial charge in [0.25, 0.3) is 5.91 Å². The molecule has 1 aromatic heterocycles. The van der Waals surface area contributed by atoms with E-state index in [1.165, 1.54) is 12.8 Å². The first kappa shape index (κ1) is 14.8. The third-order valence-electron chi connectivity index (χ3n) is 4.09. The van der Waals surface area contributed by atoms with E-state index in [0.29, 0.717) is 11.6 Å². The second-order valence-electron chi connectivity index (χ2n) is 5.91. The molecule has 0 radical (unpaired) electrons. The van der Waals surface area contributed by atoms with Crippen molar-refractivity contribution in [1.29, 1.82) is 0 Å². The number of carbonyl (C=O) groups excluding carboxylic acids is 1. The molecule has 0 saturated heterocycles. The highest BCUT2D eigenvalue weighted by Gasteiger charge is 2.27. The number of hydrogen-bond acceptors (Lipinski definition) is 3. The molecule has 110 valence electrons. The molecule has 1 heterocycles. The molecule has 1 aromatic rings. The van der Waals surface area contributed by atoms with Crippen molar-refractivity contribution in [2.24, 2.45) is 11.8 Å².